The molecule has 1 aliphatic carbocycles. The standard InChI is InChI=1S/C19H24F3IO3/c1-4-25-18(24)14(7-11(2)3)13-8-15(19(20,21)22)17(16(23)9-13)26-10-12-5-6-12/h8-9,11-12,14H,4-7,10H2,1-3H3. The molecule has 0 aromatic heterocycles. The summed E-state index contributed by atoms with van der Waals surface area (Å²) in [6.45, 7) is 6.03. The van der Waals surface area contributed by atoms with Gasteiger partial charge in [0.15, 0.2) is 0 Å². The molecule has 1 fully saturated rings. The fraction of sp³-hybridized carbons (Fsp3) is 0.632. The van der Waals surface area contributed by atoms with E-state index < -0.39 is 23.6 Å². The van der Waals surface area contributed by atoms with E-state index in [1.165, 1.54) is 0 Å². The summed E-state index contributed by atoms with van der Waals surface area (Å²) in [4.78, 5) is 12.3. The third kappa shape index (κ3) is 5.76. The van der Waals surface area contributed by atoms with Crippen LogP contribution in [0.4, 0.5) is 13.2 Å². The number of halogens is 4. The van der Waals surface area contributed by atoms with Crippen LogP contribution >= 0.6 is 22.6 Å². The highest BCUT2D eigenvalue weighted by molar-refractivity contribution is 14.1. The molecule has 1 aromatic carbocycles. The molecule has 0 aliphatic heterocycles. The molecule has 0 bridgehead atoms. The summed E-state index contributed by atoms with van der Waals surface area (Å²) in [7, 11) is 0. The van der Waals surface area contributed by atoms with Crippen LogP contribution in [0.25, 0.3) is 0 Å². The van der Waals surface area contributed by atoms with Gasteiger partial charge in [0, 0.05) is 0 Å². The normalized spacial score (nSPS) is 15.8. The molecule has 0 amide bonds. The molecule has 1 atom stereocenters. The average Bonchev–Trinajstić information content (AvgIpc) is 3.34. The van der Waals surface area contributed by atoms with Crippen molar-refractivity contribution in [3.8, 4) is 5.75 Å². The van der Waals surface area contributed by atoms with Gasteiger partial charge < -0.3 is 9.47 Å². The van der Waals surface area contributed by atoms with Crippen molar-refractivity contribution in [2.75, 3.05) is 13.2 Å². The van der Waals surface area contributed by atoms with Crippen LogP contribution in [0.3, 0.4) is 0 Å². The fourth-order valence-electron chi connectivity index (χ4n) is 2.74. The van der Waals surface area contributed by atoms with Gasteiger partial charge in [-0.05, 0) is 78.3 Å². The van der Waals surface area contributed by atoms with Gasteiger partial charge in [-0.1, -0.05) is 13.8 Å². The summed E-state index contributed by atoms with van der Waals surface area (Å²) in [5, 5.41) is 0. The average molecular weight is 484 g/mol. The summed E-state index contributed by atoms with van der Waals surface area (Å²) < 4.78 is 51.8. The molecular weight excluding hydrogens is 460 g/mol. The maximum absolute atomic E-state index is 13.6. The molecule has 1 unspecified atom stereocenters. The van der Waals surface area contributed by atoms with Gasteiger partial charge in [-0.15, -0.1) is 0 Å². The number of ether oxygens (including phenoxy) is 2. The lowest BCUT2D eigenvalue weighted by Gasteiger charge is -2.22. The van der Waals surface area contributed by atoms with E-state index in [1.54, 1.807) is 13.0 Å². The van der Waals surface area contributed by atoms with Crippen molar-refractivity contribution in [1.82, 2.24) is 0 Å². The number of carbonyl (C=O) groups is 1. The Morgan fingerprint density at radius 3 is 2.46 bits per heavy atom. The number of alkyl halides is 3. The van der Waals surface area contributed by atoms with Gasteiger partial charge in [0.25, 0.3) is 0 Å². The highest BCUT2D eigenvalue weighted by Gasteiger charge is 2.38. The molecule has 7 heteroatoms. The van der Waals surface area contributed by atoms with Gasteiger partial charge in [-0.2, -0.15) is 13.2 Å². The molecule has 0 spiro atoms. The van der Waals surface area contributed by atoms with Crippen LogP contribution in [0, 0.1) is 15.4 Å². The molecule has 0 heterocycles. The van der Waals surface area contributed by atoms with Crippen LogP contribution in [0.5, 0.6) is 5.75 Å². The molecular formula is C19H24F3IO3. The second-order valence-electron chi connectivity index (χ2n) is 7.07. The highest BCUT2D eigenvalue weighted by atomic mass is 127. The van der Waals surface area contributed by atoms with Crippen molar-refractivity contribution in [2.45, 2.75) is 52.1 Å². The Bertz CT molecular complexity index is 640. The first-order chi connectivity index (χ1) is 12.1. The third-order valence-corrected chi connectivity index (χ3v) is 5.01. The van der Waals surface area contributed by atoms with Gasteiger partial charge in [-0.3, -0.25) is 4.79 Å². The van der Waals surface area contributed by atoms with E-state index in [0.29, 0.717) is 28.1 Å². The first-order valence-corrected chi connectivity index (χ1v) is 9.91. The molecule has 0 N–H and O–H groups in total. The van der Waals surface area contributed by atoms with Crippen molar-refractivity contribution < 1.29 is 27.4 Å². The number of rotatable bonds is 8. The zero-order chi connectivity index (χ0) is 19.5. The van der Waals surface area contributed by atoms with E-state index in [4.69, 9.17) is 9.47 Å². The lowest BCUT2D eigenvalue weighted by molar-refractivity contribution is -0.146. The Hall–Kier alpha value is -0.990. The van der Waals surface area contributed by atoms with Crippen LogP contribution in [0.15, 0.2) is 12.1 Å². The molecule has 2 rings (SSSR count). The Balaban J connectivity index is 2.42. The fourth-order valence-corrected chi connectivity index (χ4v) is 3.55. The summed E-state index contributed by atoms with van der Waals surface area (Å²) in [5.74, 6) is -0.860. The first-order valence-electron chi connectivity index (χ1n) is 8.83. The largest absolute Gasteiger partial charge is 0.492 e. The monoisotopic (exact) mass is 484 g/mol. The van der Waals surface area contributed by atoms with Crippen molar-refractivity contribution in [3.63, 3.8) is 0 Å². The smallest absolute Gasteiger partial charge is 0.420 e. The van der Waals surface area contributed by atoms with E-state index in [-0.39, 0.29) is 18.3 Å². The van der Waals surface area contributed by atoms with Crippen LogP contribution in [-0.4, -0.2) is 19.2 Å². The summed E-state index contributed by atoms with van der Waals surface area (Å²) in [6.07, 6.45) is -2.13. The minimum absolute atomic E-state index is 0.138. The number of hydrogen-bond acceptors (Lipinski definition) is 3. The molecule has 146 valence electrons. The van der Waals surface area contributed by atoms with Gasteiger partial charge in [0.2, 0.25) is 0 Å². The van der Waals surface area contributed by atoms with Gasteiger partial charge in [0.05, 0.1) is 28.3 Å². The second-order valence-corrected chi connectivity index (χ2v) is 8.23. The SMILES string of the molecule is CCOC(=O)C(CC(C)C)c1cc(I)c(OCC2CC2)c(C(F)(F)F)c1. The summed E-state index contributed by atoms with van der Waals surface area (Å²) >= 11 is 1.85. The van der Waals surface area contributed by atoms with Gasteiger partial charge in [0.1, 0.15) is 5.75 Å². The predicted molar refractivity (Wildman–Crippen MR) is 101 cm³/mol. The molecule has 1 aromatic rings. The minimum atomic E-state index is -4.55. The maximum atomic E-state index is 13.6. The Labute approximate surface area is 165 Å². The number of carbonyl (C=O) groups excluding carboxylic acids is 1. The minimum Gasteiger partial charge on any atom is -0.492 e. The zero-order valence-corrected chi connectivity index (χ0v) is 17.3. The zero-order valence-electron chi connectivity index (χ0n) is 15.2. The number of hydrogen-bond donors (Lipinski definition) is 0. The molecule has 3 nitrogen and oxygen atoms in total. The highest BCUT2D eigenvalue weighted by Crippen LogP contribution is 2.42. The van der Waals surface area contributed by atoms with Gasteiger partial charge in [-0.25, -0.2) is 0 Å². The maximum Gasteiger partial charge on any atom is 0.420 e. The number of benzene rings is 1. The summed E-state index contributed by atoms with van der Waals surface area (Å²) in [5.41, 5.74) is -0.495. The van der Waals surface area contributed by atoms with Crippen molar-refractivity contribution in [2.24, 2.45) is 11.8 Å². The Kier molecular flexibility index (Phi) is 7.21. The van der Waals surface area contributed by atoms with E-state index >= 15 is 0 Å². The lowest BCUT2D eigenvalue weighted by atomic mass is 9.89. The topological polar surface area (TPSA) is 35.5 Å². The molecule has 26 heavy (non-hydrogen) atoms. The molecule has 0 saturated heterocycles. The van der Waals surface area contributed by atoms with Crippen molar-refractivity contribution in [3.05, 3.63) is 26.8 Å². The van der Waals surface area contributed by atoms with Crippen molar-refractivity contribution in [1.29, 1.82) is 0 Å². The van der Waals surface area contributed by atoms with Crippen LogP contribution in [0.1, 0.15) is 57.1 Å². The Morgan fingerprint density at radius 1 is 1.31 bits per heavy atom. The van der Waals surface area contributed by atoms with Gasteiger partial charge >= 0.3 is 12.1 Å². The summed E-state index contributed by atoms with van der Waals surface area (Å²) in [6, 6.07) is 2.66. The quantitative estimate of drug-likeness (QED) is 0.346. The van der Waals surface area contributed by atoms with E-state index in [0.717, 1.165) is 18.9 Å². The number of esters is 1. The lowest BCUT2D eigenvalue weighted by Crippen LogP contribution is -2.20. The van der Waals surface area contributed by atoms with E-state index in [2.05, 4.69) is 0 Å². The predicted octanol–water partition coefficient (Wildman–Crippen LogP) is 5.79. The van der Waals surface area contributed by atoms with Crippen LogP contribution in [0.2, 0.25) is 0 Å². The van der Waals surface area contributed by atoms with Crippen molar-refractivity contribution >= 4 is 28.6 Å². The molecule has 1 aliphatic rings. The Morgan fingerprint density at radius 2 is 1.96 bits per heavy atom. The third-order valence-electron chi connectivity index (χ3n) is 4.21. The van der Waals surface area contributed by atoms with Crippen LogP contribution in [-0.2, 0) is 15.7 Å². The molecule has 1 saturated carbocycles. The van der Waals surface area contributed by atoms with E-state index in [9.17, 15) is 18.0 Å². The second kappa shape index (κ2) is 8.80. The van der Waals surface area contributed by atoms with Crippen LogP contribution < -0.4 is 4.74 Å². The van der Waals surface area contributed by atoms with E-state index in [1.807, 2.05) is 36.4 Å². The first kappa shape index (κ1) is 21.3. The molecule has 0 radical (unpaired) electrons.